The molecule has 1 aliphatic heterocycles. The van der Waals surface area contributed by atoms with E-state index in [1.807, 2.05) is 0 Å². The van der Waals surface area contributed by atoms with Crippen LogP contribution in [0.15, 0.2) is 12.2 Å². The molecular formula is C9H15NO4S. The SMILES string of the molecule is CS(=O)(=O)N1CCC(/C=C/C(=O)O)CC1. The molecule has 1 saturated heterocycles. The largest absolute Gasteiger partial charge is 0.478 e. The molecule has 0 radical (unpaired) electrons. The Morgan fingerprint density at radius 3 is 2.33 bits per heavy atom. The van der Waals surface area contributed by atoms with Crippen LogP contribution in [0, 0.1) is 5.92 Å². The average Bonchev–Trinajstić information content (AvgIpc) is 2.14. The number of carbonyl (C=O) groups is 1. The van der Waals surface area contributed by atoms with Crippen molar-refractivity contribution in [1.29, 1.82) is 0 Å². The summed E-state index contributed by atoms with van der Waals surface area (Å²) in [7, 11) is -3.09. The molecule has 1 fully saturated rings. The third kappa shape index (κ3) is 4.01. The molecule has 0 atom stereocenters. The molecule has 0 bridgehead atoms. The standard InChI is InChI=1S/C9H15NO4S/c1-15(13,14)10-6-4-8(5-7-10)2-3-9(11)12/h2-3,8H,4-7H2,1H3,(H,11,12)/b3-2+. The summed E-state index contributed by atoms with van der Waals surface area (Å²) in [4.78, 5) is 10.3. The number of hydrogen-bond donors (Lipinski definition) is 1. The van der Waals surface area contributed by atoms with Crippen molar-refractivity contribution < 1.29 is 18.3 Å². The van der Waals surface area contributed by atoms with E-state index in [9.17, 15) is 13.2 Å². The van der Waals surface area contributed by atoms with E-state index in [0.717, 1.165) is 6.08 Å². The summed E-state index contributed by atoms with van der Waals surface area (Å²) < 4.78 is 23.8. The van der Waals surface area contributed by atoms with Gasteiger partial charge in [0.1, 0.15) is 0 Å². The zero-order valence-corrected chi connectivity index (χ0v) is 9.40. The van der Waals surface area contributed by atoms with Gasteiger partial charge in [0.2, 0.25) is 10.0 Å². The highest BCUT2D eigenvalue weighted by atomic mass is 32.2. The minimum absolute atomic E-state index is 0.180. The van der Waals surface area contributed by atoms with Crippen LogP contribution in [0.1, 0.15) is 12.8 Å². The first-order chi connectivity index (χ1) is 6.89. The highest BCUT2D eigenvalue weighted by Crippen LogP contribution is 2.19. The minimum Gasteiger partial charge on any atom is -0.478 e. The molecule has 0 unspecified atom stereocenters. The predicted molar refractivity (Wildman–Crippen MR) is 55.9 cm³/mol. The van der Waals surface area contributed by atoms with Gasteiger partial charge in [0.05, 0.1) is 6.26 Å². The number of allylic oxidation sites excluding steroid dienone is 1. The van der Waals surface area contributed by atoms with Crippen LogP contribution in [0.2, 0.25) is 0 Å². The highest BCUT2D eigenvalue weighted by molar-refractivity contribution is 7.88. The lowest BCUT2D eigenvalue weighted by molar-refractivity contribution is -0.131. The quantitative estimate of drug-likeness (QED) is 0.711. The topological polar surface area (TPSA) is 74.7 Å². The second-order valence-electron chi connectivity index (χ2n) is 3.70. The summed E-state index contributed by atoms with van der Waals surface area (Å²) in [5, 5.41) is 8.43. The zero-order chi connectivity index (χ0) is 11.5. The number of aliphatic carboxylic acids is 1. The second kappa shape index (κ2) is 4.76. The molecule has 1 N–H and O–H groups in total. The average molecular weight is 233 g/mol. The minimum atomic E-state index is -3.09. The Balaban J connectivity index is 2.46. The van der Waals surface area contributed by atoms with Crippen molar-refractivity contribution in [1.82, 2.24) is 4.31 Å². The number of carboxylic acid groups (broad SMARTS) is 1. The highest BCUT2D eigenvalue weighted by Gasteiger charge is 2.23. The molecule has 0 amide bonds. The van der Waals surface area contributed by atoms with E-state index >= 15 is 0 Å². The lowest BCUT2D eigenvalue weighted by Crippen LogP contribution is -2.37. The Bertz CT molecular complexity index is 352. The van der Waals surface area contributed by atoms with Gasteiger partial charge < -0.3 is 5.11 Å². The normalized spacial score (nSPS) is 20.9. The van der Waals surface area contributed by atoms with Crippen molar-refractivity contribution in [2.45, 2.75) is 12.8 Å². The van der Waals surface area contributed by atoms with Gasteiger partial charge in [0.15, 0.2) is 0 Å². The number of carboxylic acids is 1. The van der Waals surface area contributed by atoms with Crippen LogP contribution in [-0.2, 0) is 14.8 Å². The number of sulfonamides is 1. The summed E-state index contributed by atoms with van der Waals surface area (Å²) in [6, 6.07) is 0. The zero-order valence-electron chi connectivity index (χ0n) is 8.59. The molecule has 5 nitrogen and oxygen atoms in total. The van der Waals surface area contributed by atoms with Crippen molar-refractivity contribution in [3.63, 3.8) is 0 Å². The van der Waals surface area contributed by atoms with Crippen LogP contribution >= 0.6 is 0 Å². The lowest BCUT2D eigenvalue weighted by Gasteiger charge is -2.28. The third-order valence-corrected chi connectivity index (χ3v) is 3.78. The maximum atomic E-state index is 11.2. The van der Waals surface area contributed by atoms with Gasteiger partial charge in [-0.3, -0.25) is 0 Å². The Hall–Kier alpha value is -0.880. The summed E-state index contributed by atoms with van der Waals surface area (Å²) in [6.07, 6.45) is 5.34. The molecule has 0 aromatic heterocycles. The summed E-state index contributed by atoms with van der Waals surface area (Å²) in [6.45, 7) is 0.959. The van der Waals surface area contributed by atoms with Crippen molar-refractivity contribution in [3.05, 3.63) is 12.2 Å². The number of hydrogen-bond acceptors (Lipinski definition) is 3. The van der Waals surface area contributed by atoms with Crippen LogP contribution in [0.3, 0.4) is 0 Å². The Kier molecular flexibility index (Phi) is 3.87. The number of nitrogens with zero attached hydrogens (tertiary/aromatic N) is 1. The molecule has 0 aromatic carbocycles. The molecule has 6 heteroatoms. The van der Waals surface area contributed by atoms with Gasteiger partial charge in [-0.15, -0.1) is 0 Å². The van der Waals surface area contributed by atoms with Gasteiger partial charge in [-0.25, -0.2) is 17.5 Å². The number of piperidine rings is 1. The van der Waals surface area contributed by atoms with E-state index in [2.05, 4.69) is 0 Å². The maximum absolute atomic E-state index is 11.2. The fourth-order valence-corrected chi connectivity index (χ4v) is 2.49. The fraction of sp³-hybridized carbons (Fsp3) is 0.667. The van der Waals surface area contributed by atoms with Gasteiger partial charge in [-0.2, -0.15) is 0 Å². The monoisotopic (exact) mass is 233 g/mol. The van der Waals surface area contributed by atoms with E-state index < -0.39 is 16.0 Å². The first-order valence-corrected chi connectivity index (χ1v) is 6.60. The van der Waals surface area contributed by atoms with Crippen LogP contribution < -0.4 is 0 Å². The molecule has 0 aliphatic carbocycles. The fourth-order valence-electron chi connectivity index (χ4n) is 1.62. The van der Waals surface area contributed by atoms with Gasteiger partial charge in [0, 0.05) is 19.2 Å². The smallest absolute Gasteiger partial charge is 0.327 e. The summed E-state index contributed by atoms with van der Waals surface area (Å²) in [5.74, 6) is -0.778. The molecule has 1 aliphatic rings. The van der Waals surface area contributed by atoms with E-state index in [0.29, 0.717) is 25.9 Å². The van der Waals surface area contributed by atoms with Crippen LogP contribution in [-0.4, -0.2) is 43.1 Å². The Morgan fingerprint density at radius 1 is 1.40 bits per heavy atom. The Morgan fingerprint density at radius 2 is 1.93 bits per heavy atom. The first-order valence-electron chi connectivity index (χ1n) is 4.76. The molecule has 0 saturated carbocycles. The van der Waals surface area contributed by atoms with E-state index in [1.165, 1.54) is 10.6 Å². The van der Waals surface area contributed by atoms with Crippen molar-refractivity contribution >= 4 is 16.0 Å². The molecule has 86 valence electrons. The predicted octanol–water partition coefficient (Wildman–Crippen LogP) is 0.299. The molecule has 0 aromatic rings. The molecule has 0 spiro atoms. The van der Waals surface area contributed by atoms with Crippen LogP contribution in [0.5, 0.6) is 0 Å². The molecule has 1 heterocycles. The van der Waals surface area contributed by atoms with E-state index in [4.69, 9.17) is 5.11 Å². The summed E-state index contributed by atoms with van der Waals surface area (Å²) >= 11 is 0. The van der Waals surface area contributed by atoms with Gasteiger partial charge in [0.25, 0.3) is 0 Å². The Labute approximate surface area is 89.4 Å². The lowest BCUT2D eigenvalue weighted by atomic mass is 9.98. The van der Waals surface area contributed by atoms with Crippen molar-refractivity contribution in [2.75, 3.05) is 19.3 Å². The second-order valence-corrected chi connectivity index (χ2v) is 5.68. The van der Waals surface area contributed by atoms with Gasteiger partial charge in [-0.1, -0.05) is 6.08 Å². The molecule has 15 heavy (non-hydrogen) atoms. The third-order valence-electron chi connectivity index (χ3n) is 2.48. The molecular weight excluding hydrogens is 218 g/mol. The molecule has 1 rings (SSSR count). The first kappa shape index (κ1) is 12.2. The van der Waals surface area contributed by atoms with Gasteiger partial charge >= 0.3 is 5.97 Å². The van der Waals surface area contributed by atoms with Crippen molar-refractivity contribution in [2.24, 2.45) is 5.92 Å². The van der Waals surface area contributed by atoms with Crippen LogP contribution in [0.4, 0.5) is 0 Å². The summed E-state index contributed by atoms with van der Waals surface area (Å²) in [5.41, 5.74) is 0. The van der Waals surface area contributed by atoms with E-state index in [-0.39, 0.29) is 5.92 Å². The maximum Gasteiger partial charge on any atom is 0.327 e. The van der Waals surface area contributed by atoms with Crippen LogP contribution in [0.25, 0.3) is 0 Å². The van der Waals surface area contributed by atoms with E-state index in [1.54, 1.807) is 6.08 Å². The van der Waals surface area contributed by atoms with Gasteiger partial charge in [-0.05, 0) is 18.8 Å². The number of rotatable bonds is 3. The van der Waals surface area contributed by atoms with Crippen molar-refractivity contribution in [3.8, 4) is 0 Å².